The van der Waals surface area contributed by atoms with Crippen LogP contribution in [0, 0.1) is 6.92 Å². The van der Waals surface area contributed by atoms with Crippen molar-refractivity contribution in [2.24, 2.45) is 0 Å². The summed E-state index contributed by atoms with van der Waals surface area (Å²) >= 11 is 0. The average Bonchev–Trinajstić information content (AvgIpc) is 2.60. The largest absolute Gasteiger partial charge is 0.461 e. The molecule has 78 valence electrons. The molecule has 0 bridgehead atoms. The van der Waals surface area contributed by atoms with Gasteiger partial charge < -0.3 is 9.14 Å². The Kier molecular flexibility index (Phi) is 2.41. The third kappa shape index (κ3) is 1.83. The van der Waals surface area contributed by atoms with Crippen molar-refractivity contribution in [2.45, 2.75) is 13.8 Å². The second-order valence-electron chi connectivity index (χ2n) is 3.32. The first-order valence-corrected chi connectivity index (χ1v) is 4.83. The Morgan fingerprint density at radius 1 is 1.60 bits per heavy atom. The van der Waals surface area contributed by atoms with Crippen LogP contribution in [0.1, 0.15) is 23.0 Å². The average molecular weight is 204 g/mol. The fourth-order valence-electron chi connectivity index (χ4n) is 1.39. The van der Waals surface area contributed by atoms with Crippen LogP contribution < -0.4 is 0 Å². The molecule has 0 atom stereocenters. The fraction of sp³-hybridized carbons (Fsp3) is 0.273. The Bertz CT molecular complexity index is 502. The first kappa shape index (κ1) is 9.71. The predicted octanol–water partition coefficient (Wildman–Crippen LogP) is 1.82. The molecule has 2 rings (SSSR count). The number of pyridine rings is 1. The van der Waals surface area contributed by atoms with E-state index >= 15 is 0 Å². The Labute approximate surface area is 87.5 Å². The summed E-state index contributed by atoms with van der Waals surface area (Å²) in [6.07, 6.45) is 3.55. The van der Waals surface area contributed by atoms with Crippen molar-refractivity contribution in [1.29, 1.82) is 0 Å². The van der Waals surface area contributed by atoms with E-state index in [-0.39, 0.29) is 5.97 Å². The quantitative estimate of drug-likeness (QED) is 0.701. The van der Waals surface area contributed by atoms with E-state index in [0.717, 1.165) is 11.2 Å². The summed E-state index contributed by atoms with van der Waals surface area (Å²) in [6, 6.07) is 3.88. The van der Waals surface area contributed by atoms with Gasteiger partial charge in [-0.1, -0.05) is 0 Å². The zero-order valence-electron chi connectivity index (χ0n) is 8.73. The number of aromatic nitrogens is 2. The van der Waals surface area contributed by atoms with Crippen molar-refractivity contribution < 1.29 is 9.53 Å². The van der Waals surface area contributed by atoms with Gasteiger partial charge in [-0.2, -0.15) is 0 Å². The third-order valence-electron chi connectivity index (χ3n) is 2.10. The summed E-state index contributed by atoms with van der Waals surface area (Å²) in [5.41, 5.74) is 2.23. The lowest BCUT2D eigenvalue weighted by molar-refractivity contribution is 0.0520. The number of carbonyl (C=O) groups excluding carboxylic acids is 1. The molecule has 0 N–H and O–H groups in total. The van der Waals surface area contributed by atoms with Gasteiger partial charge in [0.15, 0.2) is 5.69 Å². The summed E-state index contributed by atoms with van der Waals surface area (Å²) in [5.74, 6) is -0.376. The topological polar surface area (TPSA) is 43.6 Å². The lowest BCUT2D eigenvalue weighted by Crippen LogP contribution is -2.04. The number of nitrogens with zero attached hydrogens (tertiary/aromatic N) is 2. The van der Waals surface area contributed by atoms with E-state index < -0.39 is 0 Å². The molecule has 0 aliphatic heterocycles. The third-order valence-corrected chi connectivity index (χ3v) is 2.10. The summed E-state index contributed by atoms with van der Waals surface area (Å²) in [5, 5.41) is 0. The molecule has 0 spiro atoms. The maximum atomic E-state index is 11.4. The van der Waals surface area contributed by atoms with Crippen molar-refractivity contribution in [3.8, 4) is 0 Å². The number of hydrogen-bond donors (Lipinski definition) is 0. The highest BCUT2D eigenvalue weighted by Crippen LogP contribution is 2.08. The van der Waals surface area contributed by atoms with Crippen LogP contribution in [0.5, 0.6) is 0 Å². The van der Waals surface area contributed by atoms with E-state index in [0.29, 0.717) is 12.3 Å². The zero-order valence-corrected chi connectivity index (χ0v) is 8.73. The minimum Gasteiger partial charge on any atom is -0.461 e. The molecular formula is C11H12N2O2. The molecule has 15 heavy (non-hydrogen) atoms. The van der Waals surface area contributed by atoms with Gasteiger partial charge >= 0.3 is 5.97 Å². The minimum atomic E-state index is -0.376. The number of imidazole rings is 1. The highest BCUT2D eigenvalue weighted by atomic mass is 16.5. The molecule has 0 saturated carbocycles. The van der Waals surface area contributed by atoms with Crippen LogP contribution in [-0.2, 0) is 4.74 Å². The maximum absolute atomic E-state index is 11.4. The van der Waals surface area contributed by atoms with Gasteiger partial charge in [-0.05, 0) is 31.5 Å². The van der Waals surface area contributed by atoms with Crippen LogP contribution in [-0.4, -0.2) is 22.0 Å². The molecule has 0 aromatic carbocycles. The zero-order chi connectivity index (χ0) is 10.8. The molecule has 0 aliphatic rings. The second-order valence-corrected chi connectivity index (χ2v) is 3.32. The van der Waals surface area contributed by atoms with Crippen LogP contribution in [0.25, 0.3) is 5.65 Å². The maximum Gasteiger partial charge on any atom is 0.358 e. The SMILES string of the molecule is CCOC(=O)c1cn2ccc(C)cc2n1. The van der Waals surface area contributed by atoms with E-state index in [1.807, 2.05) is 25.3 Å². The van der Waals surface area contributed by atoms with Crippen molar-refractivity contribution in [3.05, 3.63) is 35.8 Å². The molecular weight excluding hydrogens is 192 g/mol. The van der Waals surface area contributed by atoms with Crippen LogP contribution >= 0.6 is 0 Å². The number of rotatable bonds is 2. The molecule has 0 unspecified atom stereocenters. The smallest absolute Gasteiger partial charge is 0.358 e. The highest BCUT2D eigenvalue weighted by Gasteiger charge is 2.10. The van der Waals surface area contributed by atoms with E-state index in [1.54, 1.807) is 17.5 Å². The van der Waals surface area contributed by atoms with E-state index in [2.05, 4.69) is 4.98 Å². The number of carbonyl (C=O) groups is 1. The molecule has 4 nitrogen and oxygen atoms in total. The minimum absolute atomic E-state index is 0.349. The van der Waals surface area contributed by atoms with Gasteiger partial charge in [0, 0.05) is 12.4 Å². The molecule has 0 amide bonds. The molecule has 0 aliphatic carbocycles. The Hall–Kier alpha value is -1.84. The summed E-state index contributed by atoms with van der Waals surface area (Å²) in [7, 11) is 0. The lowest BCUT2D eigenvalue weighted by Gasteiger charge is -1.95. The van der Waals surface area contributed by atoms with E-state index in [9.17, 15) is 4.79 Å². The van der Waals surface area contributed by atoms with Gasteiger partial charge in [0.25, 0.3) is 0 Å². The number of fused-ring (bicyclic) bond motifs is 1. The van der Waals surface area contributed by atoms with Crippen molar-refractivity contribution in [1.82, 2.24) is 9.38 Å². The van der Waals surface area contributed by atoms with Crippen molar-refractivity contribution in [2.75, 3.05) is 6.61 Å². The van der Waals surface area contributed by atoms with Gasteiger partial charge in [0.05, 0.1) is 6.61 Å². The van der Waals surface area contributed by atoms with Gasteiger partial charge in [-0.15, -0.1) is 0 Å². The first-order valence-electron chi connectivity index (χ1n) is 4.83. The van der Waals surface area contributed by atoms with Gasteiger partial charge in [0.1, 0.15) is 5.65 Å². The summed E-state index contributed by atoms with van der Waals surface area (Å²) in [6.45, 7) is 4.13. The monoisotopic (exact) mass is 204 g/mol. The van der Waals surface area contributed by atoms with Crippen LogP contribution in [0.3, 0.4) is 0 Å². The second kappa shape index (κ2) is 3.73. The normalized spacial score (nSPS) is 10.5. The standard InChI is InChI=1S/C11H12N2O2/c1-3-15-11(14)9-7-13-5-4-8(2)6-10(13)12-9/h4-7H,3H2,1-2H3. The van der Waals surface area contributed by atoms with Crippen molar-refractivity contribution in [3.63, 3.8) is 0 Å². The molecule has 0 fully saturated rings. The van der Waals surface area contributed by atoms with Gasteiger partial charge in [0.2, 0.25) is 0 Å². The molecule has 2 aromatic heterocycles. The van der Waals surface area contributed by atoms with Gasteiger partial charge in [-0.3, -0.25) is 0 Å². The molecule has 4 heteroatoms. The van der Waals surface area contributed by atoms with Gasteiger partial charge in [-0.25, -0.2) is 9.78 Å². The Morgan fingerprint density at radius 3 is 3.13 bits per heavy atom. The fourth-order valence-corrected chi connectivity index (χ4v) is 1.39. The number of ether oxygens (including phenoxy) is 1. The van der Waals surface area contributed by atoms with Crippen LogP contribution in [0.15, 0.2) is 24.5 Å². The van der Waals surface area contributed by atoms with E-state index in [4.69, 9.17) is 4.74 Å². The van der Waals surface area contributed by atoms with Crippen LogP contribution in [0.2, 0.25) is 0 Å². The first-order chi connectivity index (χ1) is 7.20. The lowest BCUT2D eigenvalue weighted by atomic mass is 10.3. The number of esters is 1. The van der Waals surface area contributed by atoms with E-state index in [1.165, 1.54) is 0 Å². The highest BCUT2D eigenvalue weighted by molar-refractivity contribution is 5.87. The van der Waals surface area contributed by atoms with Crippen molar-refractivity contribution >= 4 is 11.6 Å². The summed E-state index contributed by atoms with van der Waals surface area (Å²) < 4.78 is 6.68. The molecule has 0 saturated heterocycles. The molecule has 0 radical (unpaired) electrons. The predicted molar refractivity (Wildman–Crippen MR) is 55.9 cm³/mol. The molecule has 2 aromatic rings. The Morgan fingerprint density at radius 2 is 2.40 bits per heavy atom. The number of hydrogen-bond acceptors (Lipinski definition) is 3. The number of aryl methyl sites for hydroxylation is 1. The molecule has 2 heterocycles. The Balaban J connectivity index is 2.42. The van der Waals surface area contributed by atoms with Crippen LogP contribution in [0.4, 0.5) is 0 Å². The summed E-state index contributed by atoms with van der Waals surface area (Å²) in [4.78, 5) is 15.6.